The van der Waals surface area contributed by atoms with Crippen molar-refractivity contribution in [2.75, 3.05) is 0 Å². The summed E-state index contributed by atoms with van der Waals surface area (Å²) < 4.78 is 0.634. The van der Waals surface area contributed by atoms with E-state index in [1.54, 1.807) is 0 Å². The highest BCUT2D eigenvalue weighted by atomic mass is 32.1. The van der Waals surface area contributed by atoms with E-state index < -0.39 is 7.12 Å². The minimum Gasteiger partial charge on any atom is -0.423 e. The van der Waals surface area contributed by atoms with Crippen molar-refractivity contribution in [2.24, 2.45) is 0 Å². The second-order valence-electron chi connectivity index (χ2n) is 1.84. The van der Waals surface area contributed by atoms with Gasteiger partial charge in [-0.1, -0.05) is 13.8 Å². The molecule has 0 unspecified atom stereocenters. The molecule has 1 aromatic rings. The molecule has 2 N–H and O–H groups in total. The van der Waals surface area contributed by atoms with E-state index in [0.29, 0.717) is 4.78 Å². The Hall–Kier alpha value is -0.315. The molecular weight excluding hydrogens is 159 g/mol. The summed E-state index contributed by atoms with van der Waals surface area (Å²) in [5, 5.41) is 19.2. The van der Waals surface area contributed by atoms with E-state index in [-0.39, 0.29) is 0 Å². The van der Waals surface area contributed by atoms with Crippen LogP contribution < -0.4 is 4.78 Å². The third-order valence-electron chi connectivity index (χ3n) is 1.14. The average molecular weight is 172 g/mol. The summed E-state index contributed by atoms with van der Waals surface area (Å²) in [5.41, 5.74) is 0.940. The third-order valence-corrected chi connectivity index (χ3v) is 2.20. The smallest absolute Gasteiger partial charge is 0.423 e. The molecule has 0 aliphatic heterocycles. The first-order chi connectivity index (χ1) is 5.22. The van der Waals surface area contributed by atoms with E-state index in [1.807, 2.05) is 32.2 Å². The summed E-state index contributed by atoms with van der Waals surface area (Å²) in [4.78, 5) is 0. The van der Waals surface area contributed by atoms with Gasteiger partial charge < -0.3 is 10.0 Å². The van der Waals surface area contributed by atoms with Crippen molar-refractivity contribution < 1.29 is 10.0 Å². The fraction of sp³-hybridized carbons (Fsp3) is 0.429. The van der Waals surface area contributed by atoms with Gasteiger partial charge in [-0.05, 0) is 23.9 Å². The number of thiophene rings is 1. The molecular formula is C7H13BO2S. The van der Waals surface area contributed by atoms with E-state index >= 15 is 0 Å². The van der Waals surface area contributed by atoms with Crippen molar-refractivity contribution in [3.05, 3.63) is 17.0 Å². The zero-order valence-electron chi connectivity index (χ0n) is 7.03. The van der Waals surface area contributed by atoms with Crippen LogP contribution in [0.4, 0.5) is 0 Å². The van der Waals surface area contributed by atoms with Crippen LogP contribution in [-0.2, 0) is 0 Å². The van der Waals surface area contributed by atoms with E-state index in [9.17, 15) is 0 Å². The Labute approximate surface area is 71.7 Å². The molecule has 0 saturated carbocycles. The molecule has 62 valence electrons. The van der Waals surface area contributed by atoms with Crippen LogP contribution in [0.25, 0.3) is 0 Å². The van der Waals surface area contributed by atoms with Crippen LogP contribution in [-0.4, -0.2) is 17.2 Å². The van der Waals surface area contributed by atoms with Crippen LogP contribution >= 0.6 is 11.3 Å². The Balaban J connectivity index is 0.000000461. The Morgan fingerprint density at radius 1 is 1.36 bits per heavy atom. The zero-order chi connectivity index (χ0) is 8.85. The second-order valence-corrected chi connectivity index (χ2v) is 2.79. The molecule has 1 aromatic heterocycles. The molecule has 0 atom stereocenters. The molecule has 1 heterocycles. The predicted octanol–water partition coefficient (Wildman–Crippen LogP) is 0.763. The molecule has 0 aromatic carbocycles. The highest BCUT2D eigenvalue weighted by Crippen LogP contribution is 2.00. The SMILES string of the molecule is CC.Cc1ccsc1B(O)O. The summed E-state index contributed by atoms with van der Waals surface area (Å²) in [7, 11) is -1.30. The Kier molecular flexibility index (Phi) is 5.20. The van der Waals surface area contributed by atoms with Gasteiger partial charge in [0.15, 0.2) is 0 Å². The Morgan fingerprint density at radius 2 is 1.91 bits per heavy atom. The number of hydrogen-bond donors (Lipinski definition) is 2. The van der Waals surface area contributed by atoms with Gasteiger partial charge in [0.25, 0.3) is 0 Å². The molecule has 0 aliphatic carbocycles. The maximum atomic E-state index is 8.66. The number of rotatable bonds is 1. The topological polar surface area (TPSA) is 40.5 Å². The first kappa shape index (κ1) is 10.7. The summed E-state index contributed by atoms with van der Waals surface area (Å²) in [5.74, 6) is 0. The highest BCUT2D eigenvalue weighted by Gasteiger charge is 2.14. The van der Waals surface area contributed by atoms with Crippen molar-refractivity contribution in [3.63, 3.8) is 0 Å². The Bertz CT molecular complexity index is 198. The standard InChI is InChI=1S/C5H7BO2S.C2H6/c1-4-2-3-9-5(4)6(7)8;1-2/h2-3,7-8H,1H3;1-2H3. The summed E-state index contributed by atoms with van der Waals surface area (Å²) in [6.07, 6.45) is 0. The molecule has 0 bridgehead atoms. The normalized spacial score (nSPS) is 8.45. The van der Waals surface area contributed by atoms with Crippen molar-refractivity contribution in [1.29, 1.82) is 0 Å². The highest BCUT2D eigenvalue weighted by molar-refractivity contribution is 7.20. The van der Waals surface area contributed by atoms with Crippen LogP contribution in [0.3, 0.4) is 0 Å². The lowest BCUT2D eigenvalue weighted by Gasteiger charge is -1.92. The van der Waals surface area contributed by atoms with Crippen LogP contribution in [0.1, 0.15) is 19.4 Å². The molecule has 0 radical (unpaired) electrons. The predicted molar refractivity (Wildman–Crippen MR) is 50.2 cm³/mol. The van der Waals surface area contributed by atoms with Crippen molar-refractivity contribution in [2.45, 2.75) is 20.8 Å². The maximum absolute atomic E-state index is 8.66. The molecule has 1 rings (SSSR count). The summed E-state index contributed by atoms with van der Waals surface area (Å²) in [6.45, 7) is 5.85. The van der Waals surface area contributed by atoms with Crippen LogP contribution in [0.5, 0.6) is 0 Å². The van der Waals surface area contributed by atoms with Crippen molar-refractivity contribution >= 4 is 23.2 Å². The third kappa shape index (κ3) is 3.05. The molecule has 4 heteroatoms. The number of aryl methyl sites for hydroxylation is 1. The second kappa shape index (κ2) is 5.35. The quantitative estimate of drug-likeness (QED) is 0.614. The first-order valence-electron chi connectivity index (χ1n) is 3.62. The van der Waals surface area contributed by atoms with Gasteiger partial charge >= 0.3 is 7.12 Å². The summed E-state index contributed by atoms with van der Waals surface area (Å²) >= 11 is 1.36. The van der Waals surface area contributed by atoms with Crippen molar-refractivity contribution in [1.82, 2.24) is 0 Å². The van der Waals surface area contributed by atoms with Gasteiger partial charge in [-0.2, -0.15) is 11.3 Å². The van der Waals surface area contributed by atoms with Gasteiger partial charge in [0.2, 0.25) is 0 Å². The van der Waals surface area contributed by atoms with E-state index in [1.165, 1.54) is 11.3 Å². The van der Waals surface area contributed by atoms with Gasteiger partial charge in [-0.25, -0.2) is 0 Å². The molecule has 0 aliphatic rings. The molecule has 0 saturated heterocycles. The maximum Gasteiger partial charge on any atom is 0.499 e. The monoisotopic (exact) mass is 172 g/mol. The lowest BCUT2D eigenvalue weighted by atomic mass is 9.87. The number of hydrogen-bond acceptors (Lipinski definition) is 3. The fourth-order valence-corrected chi connectivity index (χ4v) is 1.44. The molecule has 0 amide bonds. The zero-order valence-corrected chi connectivity index (χ0v) is 7.85. The van der Waals surface area contributed by atoms with Gasteiger partial charge in [-0.15, -0.1) is 0 Å². The van der Waals surface area contributed by atoms with E-state index in [4.69, 9.17) is 10.0 Å². The van der Waals surface area contributed by atoms with E-state index in [2.05, 4.69) is 0 Å². The lowest BCUT2D eigenvalue weighted by Crippen LogP contribution is -2.28. The molecule has 11 heavy (non-hydrogen) atoms. The van der Waals surface area contributed by atoms with Gasteiger partial charge in [-0.3, -0.25) is 0 Å². The van der Waals surface area contributed by atoms with Crippen LogP contribution in [0.15, 0.2) is 11.4 Å². The van der Waals surface area contributed by atoms with Gasteiger partial charge in [0, 0.05) is 4.78 Å². The van der Waals surface area contributed by atoms with Crippen LogP contribution in [0.2, 0.25) is 0 Å². The molecule has 0 spiro atoms. The van der Waals surface area contributed by atoms with E-state index in [0.717, 1.165) is 5.56 Å². The first-order valence-corrected chi connectivity index (χ1v) is 4.50. The minimum absolute atomic E-state index is 0.634. The molecule has 0 fully saturated rings. The fourth-order valence-electron chi connectivity index (χ4n) is 0.649. The average Bonchev–Trinajstić information content (AvgIpc) is 2.39. The van der Waals surface area contributed by atoms with Crippen LogP contribution in [0, 0.1) is 6.92 Å². The molecule has 2 nitrogen and oxygen atoms in total. The van der Waals surface area contributed by atoms with Gasteiger partial charge in [0.05, 0.1) is 0 Å². The Morgan fingerprint density at radius 3 is 2.09 bits per heavy atom. The summed E-state index contributed by atoms with van der Waals surface area (Å²) in [6, 6.07) is 1.86. The lowest BCUT2D eigenvalue weighted by molar-refractivity contribution is 0.426. The van der Waals surface area contributed by atoms with Gasteiger partial charge in [0.1, 0.15) is 0 Å². The van der Waals surface area contributed by atoms with Crippen molar-refractivity contribution in [3.8, 4) is 0 Å². The largest absolute Gasteiger partial charge is 0.499 e. The minimum atomic E-state index is -1.30.